The Morgan fingerprint density at radius 3 is 3.06 bits per heavy atom. The fourth-order valence-electron chi connectivity index (χ4n) is 1.79. The molecule has 0 atom stereocenters. The van der Waals surface area contributed by atoms with Crippen molar-refractivity contribution >= 4 is 17.3 Å². The molecule has 92 valence electrons. The zero-order valence-electron chi connectivity index (χ0n) is 9.69. The summed E-state index contributed by atoms with van der Waals surface area (Å²) in [6.07, 6.45) is 10.7. The van der Waals surface area contributed by atoms with E-state index in [1.165, 1.54) is 0 Å². The Balaban J connectivity index is 1.75. The monoisotopic (exact) mass is 243 g/mol. The Bertz CT molecular complexity index is 641. The summed E-state index contributed by atoms with van der Waals surface area (Å²) in [4.78, 5) is 12.5. The van der Waals surface area contributed by atoms with Crippen molar-refractivity contribution in [1.29, 1.82) is 0 Å². The Kier molecular flexibility index (Phi) is 2.56. The number of hydrogen-bond donors (Lipinski definition) is 2. The molecule has 3 aromatic heterocycles. The molecule has 0 amide bonds. The molecule has 7 nitrogen and oxygen atoms in total. The van der Waals surface area contributed by atoms with Gasteiger partial charge < -0.3 is 20.0 Å². The fourth-order valence-corrected chi connectivity index (χ4v) is 1.79. The molecule has 0 aromatic carbocycles. The summed E-state index contributed by atoms with van der Waals surface area (Å²) in [5.74, 6) is 1.16. The van der Waals surface area contributed by atoms with Crippen LogP contribution in [0.3, 0.4) is 0 Å². The van der Waals surface area contributed by atoms with Gasteiger partial charge in [-0.3, -0.25) is 0 Å². The number of nitrogen functional groups attached to an aromatic ring is 1. The van der Waals surface area contributed by atoms with Gasteiger partial charge in [-0.15, -0.1) is 0 Å². The van der Waals surface area contributed by atoms with E-state index >= 15 is 0 Å². The fraction of sp³-hybridized carbons (Fsp3) is 0.182. The van der Waals surface area contributed by atoms with E-state index in [2.05, 4.69) is 20.3 Å². The molecule has 0 fully saturated rings. The number of aromatic nitrogens is 5. The van der Waals surface area contributed by atoms with Crippen molar-refractivity contribution in [2.24, 2.45) is 0 Å². The van der Waals surface area contributed by atoms with Crippen LogP contribution in [0.5, 0.6) is 0 Å². The minimum atomic E-state index is 0.464. The van der Waals surface area contributed by atoms with Crippen molar-refractivity contribution in [1.82, 2.24) is 23.9 Å². The average molecular weight is 243 g/mol. The molecule has 0 aliphatic carbocycles. The normalized spacial score (nSPS) is 10.9. The SMILES string of the molecule is Nc1cn2ccnc2c(NCCn2ccnc2)n1. The molecule has 0 spiro atoms. The van der Waals surface area contributed by atoms with Gasteiger partial charge in [-0.25, -0.2) is 15.0 Å². The number of anilines is 2. The molecule has 7 heteroatoms. The molecular formula is C11H13N7. The summed E-state index contributed by atoms with van der Waals surface area (Å²) in [5.41, 5.74) is 6.51. The highest BCUT2D eigenvalue weighted by Crippen LogP contribution is 2.14. The summed E-state index contributed by atoms with van der Waals surface area (Å²) in [7, 11) is 0. The second kappa shape index (κ2) is 4.36. The number of nitrogens with zero attached hydrogens (tertiary/aromatic N) is 5. The number of rotatable bonds is 4. The molecule has 3 aromatic rings. The lowest BCUT2D eigenvalue weighted by molar-refractivity contribution is 0.725. The van der Waals surface area contributed by atoms with Gasteiger partial charge in [-0.05, 0) is 0 Å². The van der Waals surface area contributed by atoms with Crippen molar-refractivity contribution in [3.05, 3.63) is 37.3 Å². The second-order valence-electron chi connectivity index (χ2n) is 3.90. The predicted molar refractivity (Wildman–Crippen MR) is 68.1 cm³/mol. The minimum Gasteiger partial charge on any atom is -0.382 e. The Morgan fingerprint density at radius 2 is 2.22 bits per heavy atom. The highest BCUT2D eigenvalue weighted by molar-refractivity contribution is 5.64. The van der Waals surface area contributed by atoms with E-state index in [4.69, 9.17) is 5.73 Å². The predicted octanol–water partition coefficient (Wildman–Crippen LogP) is 0.620. The third kappa shape index (κ3) is 1.97. The first kappa shape index (κ1) is 10.6. The van der Waals surface area contributed by atoms with E-state index in [1.54, 1.807) is 24.9 Å². The van der Waals surface area contributed by atoms with Gasteiger partial charge in [-0.1, -0.05) is 0 Å². The first-order valence-corrected chi connectivity index (χ1v) is 5.62. The maximum atomic E-state index is 5.74. The van der Waals surface area contributed by atoms with Gasteiger partial charge in [0.25, 0.3) is 0 Å². The Morgan fingerprint density at radius 1 is 1.28 bits per heavy atom. The van der Waals surface area contributed by atoms with Crippen molar-refractivity contribution < 1.29 is 0 Å². The van der Waals surface area contributed by atoms with Gasteiger partial charge in [-0.2, -0.15) is 0 Å². The van der Waals surface area contributed by atoms with Gasteiger partial charge in [0, 0.05) is 37.9 Å². The summed E-state index contributed by atoms with van der Waals surface area (Å²) in [6, 6.07) is 0. The van der Waals surface area contributed by atoms with E-state index in [1.807, 2.05) is 21.4 Å². The molecule has 0 aliphatic rings. The smallest absolute Gasteiger partial charge is 0.180 e. The van der Waals surface area contributed by atoms with Crippen LogP contribution in [0.2, 0.25) is 0 Å². The summed E-state index contributed by atoms with van der Waals surface area (Å²) in [6.45, 7) is 1.54. The molecule has 0 saturated carbocycles. The van der Waals surface area contributed by atoms with E-state index in [9.17, 15) is 0 Å². The topological polar surface area (TPSA) is 86.1 Å². The van der Waals surface area contributed by atoms with Crippen LogP contribution in [-0.4, -0.2) is 30.5 Å². The van der Waals surface area contributed by atoms with Crippen LogP contribution in [0.4, 0.5) is 11.6 Å². The van der Waals surface area contributed by atoms with Crippen LogP contribution in [0, 0.1) is 0 Å². The van der Waals surface area contributed by atoms with Gasteiger partial charge in [0.05, 0.1) is 12.5 Å². The first-order chi connectivity index (χ1) is 8.83. The molecule has 3 heterocycles. The molecular weight excluding hydrogens is 230 g/mol. The van der Waals surface area contributed by atoms with Gasteiger partial charge in [0.15, 0.2) is 11.5 Å². The molecule has 3 rings (SSSR count). The molecule has 0 unspecified atom stereocenters. The minimum absolute atomic E-state index is 0.464. The van der Waals surface area contributed by atoms with Gasteiger partial charge >= 0.3 is 0 Å². The van der Waals surface area contributed by atoms with Crippen molar-refractivity contribution in [3.63, 3.8) is 0 Å². The average Bonchev–Trinajstić information content (AvgIpc) is 2.98. The molecule has 0 radical (unpaired) electrons. The number of fused-ring (bicyclic) bond motifs is 1. The quantitative estimate of drug-likeness (QED) is 0.701. The van der Waals surface area contributed by atoms with Gasteiger partial charge in [0.2, 0.25) is 0 Å². The Labute approximate surface area is 103 Å². The first-order valence-electron chi connectivity index (χ1n) is 5.62. The van der Waals surface area contributed by atoms with E-state index in [0.29, 0.717) is 11.6 Å². The molecule has 0 saturated heterocycles. The van der Waals surface area contributed by atoms with E-state index in [-0.39, 0.29) is 0 Å². The zero-order valence-corrected chi connectivity index (χ0v) is 9.69. The van der Waals surface area contributed by atoms with E-state index < -0.39 is 0 Å². The molecule has 3 N–H and O–H groups in total. The highest BCUT2D eigenvalue weighted by Gasteiger charge is 2.05. The lowest BCUT2D eigenvalue weighted by Crippen LogP contribution is -2.12. The van der Waals surface area contributed by atoms with Crippen molar-refractivity contribution in [2.75, 3.05) is 17.6 Å². The second-order valence-corrected chi connectivity index (χ2v) is 3.90. The third-order valence-electron chi connectivity index (χ3n) is 2.61. The maximum Gasteiger partial charge on any atom is 0.180 e. The van der Waals surface area contributed by atoms with Crippen LogP contribution in [0.25, 0.3) is 5.65 Å². The number of nitrogens with one attached hydrogen (secondary N) is 1. The van der Waals surface area contributed by atoms with Gasteiger partial charge in [0.1, 0.15) is 5.82 Å². The number of hydrogen-bond acceptors (Lipinski definition) is 5. The summed E-state index contributed by atoms with van der Waals surface area (Å²) in [5, 5.41) is 3.23. The van der Waals surface area contributed by atoms with Crippen LogP contribution in [-0.2, 0) is 6.54 Å². The standard InChI is InChI=1S/C11H13N7/c12-9-7-18-6-3-15-11(18)10(16-9)14-2-5-17-4-1-13-8-17/h1,3-4,6-8H,2,5,12H2,(H,14,16). The van der Waals surface area contributed by atoms with Crippen LogP contribution < -0.4 is 11.1 Å². The summed E-state index contributed by atoms with van der Waals surface area (Å²) >= 11 is 0. The summed E-state index contributed by atoms with van der Waals surface area (Å²) < 4.78 is 3.84. The molecule has 18 heavy (non-hydrogen) atoms. The van der Waals surface area contributed by atoms with Crippen molar-refractivity contribution in [2.45, 2.75) is 6.54 Å². The van der Waals surface area contributed by atoms with Crippen LogP contribution in [0.15, 0.2) is 37.3 Å². The largest absolute Gasteiger partial charge is 0.382 e. The lowest BCUT2D eigenvalue weighted by atomic mass is 10.5. The highest BCUT2D eigenvalue weighted by atomic mass is 15.1. The number of imidazole rings is 2. The van der Waals surface area contributed by atoms with Crippen LogP contribution >= 0.6 is 0 Å². The zero-order chi connectivity index (χ0) is 12.4. The third-order valence-corrected chi connectivity index (χ3v) is 2.61. The lowest BCUT2D eigenvalue weighted by Gasteiger charge is -2.08. The number of nitrogens with two attached hydrogens (primary N) is 1. The van der Waals surface area contributed by atoms with E-state index in [0.717, 1.165) is 18.7 Å². The van der Waals surface area contributed by atoms with Crippen LogP contribution in [0.1, 0.15) is 0 Å². The molecule has 0 bridgehead atoms. The molecule has 0 aliphatic heterocycles. The van der Waals surface area contributed by atoms with Crippen molar-refractivity contribution in [3.8, 4) is 0 Å². The Hall–Kier alpha value is -2.57. The maximum absolute atomic E-state index is 5.74.